The van der Waals surface area contributed by atoms with Crippen LogP contribution in [0.25, 0.3) is 0 Å². The molecule has 0 heterocycles. The Hall–Kier alpha value is -0.370. The molecule has 1 rings (SSSR count). The molecule has 0 atom stereocenters. The van der Waals surface area contributed by atoms with Crippen molar-refractivity contribution in [3.8, 4) is 0 Å². The summed E-state index contributed by atoms with van der Waals surface area (Å²) in [5, 5.41) is 3.09. The highest BCUT2D eigenvalue weighted by atomic mass is 16.1. The molecule has 1 saturated carbocycles. The first-order chi connectivity index (χ1) is 5.12. The zero-order chi connectivity index (χ0) is 8.48. The summed E-state index contributed by atoms with van der Waals surface area (Å²) >= 11 is 0. The van der Waals surface area contributed by atoms with Gasteiger partial charge < -0.3 is 5.32 Å². The van der Waals surface area contributed by atoms with E-state index in [0.717, 1.165) is 19.4 Å². The van der Waals surface area contributed by atoms with Gasteiger partial charge in [0.15, 0.2) is 0 Å². The lowest BCUT2D eigenvalue weighted by Gasteiger charge is -2.15. The van der Waals surface area contributed by atoms with E-state index < -0.39 is 0 Å². The van der Waals surface area contributed by atoms with Crippen LogP contribution in [0.1, 0.15) is 26.7 Å². The maximum atomic E-state index is 11.6. The van der Waals surface area contributed by atoms with Crippen molar-refractivity contribution in [2.75, 3.05) is 13.6 Å². The van der Waals surface area contributed by atoms with Crippen LogP contribution in [0.15, 0.2) is 0 Å². The van der Waals surface area contributed by atoms with Crippen LogP contribution in [-0.2, 0) is 4.79 Å². The molecule has 0 saturated heterocycles. The number of nitrogens with one attached hydrogen (secondary N) is 1. The number of ketones is 1. The van der Waals surface area contributed by atoms with Gasteiger partial charge in [-0.05, 0) is 19.9 Å². The van der Waals surface area contributed by atoms with Crippen molar-refractivity contribution in [2.24, 2.45) is 11.3 Å². The lowest BCUT2D eigenvalue weighted by molar-refractivity contribution is -0.127. The van der Waals surface area contributed by atoms with Gasteiger partial charge in [-0.25, -0.2) is 0 Å². The monoisotopic (exact) mass is 155 g/mol. The molecule has 1 N–H and O–H groups in total. The van der Waals surface area contributed by atoms with Gasteiger partial charge in [-0.3, -0.25) is 4.79 Å². The summed E-state index contributed by atoms with van der Waals surface area (Å²) in [6, 6.07) is 0. The fraction of sp³-hybridized carbons (Fsp3) is 0.889. The van der Waals surface area contributed by atoms with Crippen LogP contribution in [0.2, 0.25) is 0 Å². The molecule has 0 aromatic rings. The molecule has 0 spiro atoms. The van der Waals surface area contributed by atoms with Gasteiger partial charge in [0.1, 0.15) is 5.78 Å². The third kappa shape index (κ3) is 1.62. The molecule has 0 radical (unpaired) electrons. The lowest BCUT2D eigenvalue weighted by atomic mass is 9.92. The van der Waals surface area contributed by atoms with Gasteiger partial charge in [-0.15, -0.1) is 0 Å². The zero-order valence-corrected chi connectivity index (χ0v) is 7.61. The van der Waals surface area contributed by atoms with Crippen molar-refractivity contribution < 1.29 is 4.79 Å². The second kappa shape index (κ2) is 2.94. The van der Waals surface area contributed by atoms with E-state index in [-0.39, 0.29) is 11.3 Å². The molecule has 0 unspecified atom stereocenters. The SMILES string of the molecule is CNCC1(C(=O)C(C)C)CC1. The summed E-state index contributed by atoms with van der Waals surface area (Å²) in [5.41, 5.74) is 0.0307. The lowest BCUT2D eigenvalue weighted by Crippen LogP contribution is -2.30. The van der Waals surface area contributed by atoms with Gasteiger partial charge in [-0.1, -0.05) is 13.8 Å². The first-order valence-corrected chi connectivity index (χ1v) is 4.31. The molecule has 2 heteroatoms. The summed E-state index contributed by atoms with van der Waals surface area (Å²) < 4.78 is 0. The Morgan fingerprint density at radius 3 is 2.36 bits per heavy atom. The zero-order valence-electron chi connectivity index (χ0n) is 7.61. The van der Waals surface area contributed by atoms with E-state index in [1.165, 1.54) is 0 Å². The first kappa shape index (κ1) is 8.72. The Kier molecular flexibility index (Phi) is 2.33. The molecule has 0 amide bonds. The molecule has 64 valence electrons. The van der Waals surface area contributed by atoms with E-state index in [4.69, 9.17) is 0 Å². The van der Waals surface area contributed by atoms with Gasteiger partial charge in [0.05, 0.1) is 0 Å². The first-order valence-electron chi connectivity index (χ1n) is 4.31. The Bertz CT molecular complexity index is 159. The van der Waals surface area contributed by atoms with Crippen LogP contribution in [0.4, 0.5) is 0 Å². The van der Waals surface area contributed by atoms with Gasteiger partial charge in [-0.2, -0.15) is 0 Å². The Morgan fingerprint density at radius 1 is 1.55 bits per heavy atom. The largest absolute Gasteiger partial charge is 0.319 e. The summed E-state index contributed by atoms with van der Waals surface area (Å²) in [6.45, 7) is 4.83. The maximum absolute atomic E-state index is 11.6. The van der Waals surface area contributed by atoms with Crippen molar-refractivity contribution >= 4 is 5.78 Å². The standard InChI is InChI=1S/C9H17NO/c1-7(2)8(11)9(4-5-9)6-10-3/h7,10H,4-6H2,1-3H3. The highest BCUT2D eigenvalue weighted by Crippen LogP contribution is 2.47. The van der Waals surface area contributed by atoms with Crippen molar-refractivity contribution in [1.82, 2.24) is 5.32 Å². The Labute approximate surface area is 68.4 Å². The quantitative estimate of drug-likeness (QED) is 0.661. The van der Waals surface area contributed by atoms with Crippen LogP contribution in [0, 0.1) is 11.3 Å². The fourth-order valence-corrected chi connectivity index (χ4v) is 1.61. The maximum Gasteiger partial charge on any atom is 0.142 e. The van der Waals surface area contributed by atoms with Gasteiger partial charge >= 0.3 is 0 Å². The molecule has 1 fully saturated rings. The molecule has 11 heavy (non-hydrogen) atoms. The van der Waals surface area contributed by atoms with E-state index in [1.54, 1.807) is 0 Å². The molecule has 1 aliphatic rings. The second-order valence-corrected chi connectivity index (χ2v) is 3.83. The van der Waals surface area contributed by atoms with E-state index in [2.05, 4.69) is 5.32 Å². The third-order valence-corrected chi connectivity index (χ3v) is 2.42. The topological polar surface area (TPSA) is 29.1 Å². The summed E-state index contributed by atoms with van der Waals surface area (Å²) in [7, 11) is 1.91. The smallest absolute Gasteiger partial charge is 0.142 e. The number of Topliss-reactive ketones (excluding diaryl/α,β-unsaturated/α-hetero) is 1. The van der Waals surface area contributed by atoms with Crippen LogP contribution in [0.3, 0.4) is 0 Å². The van der Waals surface area contributed by atoms with Crippen LogP contribution in [-0.4, -0.2) is 19.4 Å². The summed E-state index contributed by atoms with van der Waals surface area (Å²) in [5.74, 6) is 0.637. The highest BCUT2D eigenvalue weighted by molar-refractivity contribution is 5.89. The van der Waals surface area contributed by atoms with Gasteiger partial charge in [0.2, 0.25) is 0 Å². The van der Waals surface area contributed by atoms with Gasteiger partial charge in [0.25, 0.3) is 0 Å². The molecule has 0 aliphatic heterocycles. The molecule has 0 aromatic heterocycles. The number of hydrogen-bond acceptors (Lipinski definition) is 2. The minimum atomic E-state index is 0.0307. The predicted molar refractivity (Wildman–Crippen MR) is 45.4 cm³/mol. The number of carbonyl (C=O) groups is 1. The van der Waals surface area contributed by atoms with E-state index in [0.29, 0.717) is 5.78 Å². The van der Waals surface area contributed by atoms with Crippen molar-refractivity contribution in [3.05, 3.63) is 0 Å². The average Bonchev–Trinajstić information content (AvgIpc) is 2.69. The van der Waals surface area contributed by atoms with Crippen LogP contribution in [0.5, 0.6) is 0 Å². The Balaban J connectivity index is 2.51. The summed E-state index contributed by atoms with van der Waals surface area (Å²) in [4.78, 5) is 11.6. The van der Waals surface area contributed by atoms with E-state index in [1.807, 2.05) is 20.9 Å². The average molecular weight is 155 g/mol. The predicted octanol–water partition coefficient (Wildman–Crippen LogP) is 1.21. The summed E-state index contributed by atoms with van der Waals surface area (Å²) in [6.07, 6.45) is 2.18. The van der Waals surface area contributed by atoms with Crippen LogP contribution < -0.4 is 5.32 Å². The minimum Gasteiger partial charge on any atom is -0.319 e. The number of rotatable bonds is 4. The Morgan fingerprint density at radius 2 is 2.09 bits per heavy atom. The molecule has 2 nitrogen and oxygen atoms in total. The molecular weight excluding hydrogens is 138 g/mol. The molecule has 0 aromatic carbocycles. The minimum absolute atomic E-state index is 0.0307. The van der Waals surface area contributed by atoms with Crippen molar-refractivity contribution in [2.45, 2.75) is 26.7 Å². The van der Waals surface area contributed by atoms with E-state index in [9.17, 15) is 4.79 Å². The molecule has 1 aliphatic carbocycles. The van der Waals surface area contributed by atoms with E-state index >= 15 is 0 Å². The number of carbonyl (C=O) groups excluding carboxylic acids is 1. The molecular formula is C9H17NO. The third-order valence-electron chi connectivity index (χ3n) is 2.42. The normalized spacial score (nSPS) is 20.4. The molecule has 0 bridgehead atoms. The van der Waals surface area contributed by atoms with Gasteiger partial charge in [0, 0.05) is 17.9 Å². The van der Waals surface area contributed by atoms with Crippen LogP contribution >= 0.6 is 0 Å². The fourth-order valence-electron chi connectivity index (χ4n) is 1.61. The van der Waals surface area contributed by atoms with Crippen molar-refractivity contribution in [1.29, 1.82) is 0 Å². The van der Waals surface area contributed by atoms with Crippen molar-refractivity contribution in [3.63, 3.8) is 0 Å². The second-order valence-electron chi connectivity index (χ2n) is 3.83. The highest BCUT2D eigenvalue weighted by Gasteiger charge is 2.49. The number of hydrogen-bond donors (Lipinski definition) is 1.